The van der Waals surface area contributed by atoms with Gasteiger partial charge in [-0.25, -0.2) is 0 Å². The van der Waals surface area contributed by atoms with Gasteiger partial charge in [0.15, 0.2) is 11.5 Å². The molecule has 0 bridgehead atoms. The Labute approximate surface area is 141 Å². The molecule has 0 unspecified atom stereocenters. The van der Waals surface area contributed by atoms with Crippen LogP contribution in [-0.2, 0) is 6.54 Å². The molecule has 0 atom stereocenters. The third-order valence-corrected chi connectivity index (χ3v) is 4.51. The first kappa shape index (κ1) is 14.2. The Morgan fingerprint density at radius 3 is 2.83 bits per heavy atom. The van der Waals surface area contributed by atoms with Gasteiger partial charge in [-0.1, -0.05) is 29.8 Å². The van der Waals surface area contributed by atoms with Gasteiger partial charge in [0, 0.05) is 22.5 Å². The van der Waals surface area contributed by atoms with Crippen molar-refractivity contribution in [1.82, 2.24) is 19.8 Å². The van der Waals surface area contributed by atoms with Crippen LogP contribution in [-0.4, -0.2) is 19.8 Å². The van der Waals surface area contributed by atoms with Crippen LogP contribution in [0.5, 0.6) is 0 Å². The fraction of sp³-hybridized carbons (Fsp3) is 0.0625. The van der Waals surface area contributed by atoms with E-state index in [9.17, 15) is 0 Å². The lowest BCUT2D eigenvalue weighted by atomic mass is 10.2. The molecule has 0 aliphatic carbocycles. The maximum Gasteiger partial charge on any atom is 0.186 e. The Kier molecular flexibility index (Phi) is 3.69. The minimum atomic E-state index is 0.605. The fourth-order valence-electron chi connectivity index (χ4n) is 2.28. The number of nitrogens with zero attached hydrogens (tertiary/aromatic N) is 4. The second-order valence-electron chi connectivity index (χ2n) is 4.97. The van der Waals surface area contributed by atoms with Gasteiger partial charge in [0.2, 0.25) is 0 Å². The largest absolute Gasteiger partial charge is 0.364 e. The number of benzene rings is 1. The lowest BCUT2D eigenvalue weighted by Gasteiger charge is -2.07. The Hall–Kier alpha value is -2.44. The van der Waals surface area contributed by atoms with Gasteiger partial charge in [0.25, 0.3) is 0 Å². The van der Waals surface area contributed by atoms with E-state index in [2.05, 4.69) is 20.6 Å². The third kappa shape index (κ3) is 2.78. The molecule has 0 amide bonds. The zero-order valence-electron chi connectivity index (χ0n) is 12.0. The highest BCUT2D eigenvalue weighted by Crippen LogP contribution is 2.21. The van der Waals surface area contributed by atoms with Crippen molar-refractivity contribution in [2.24, 2.45) is 0 Å². The topological polar surface area (TPSA) is 55.1 Å². The molecule has 0 spiro atoms. The summed E-state index contributed by atoms with van der Waals surface area (Å²) in [6, 6.07) is 13.5. The molecule has 114 valence electrons. The van der Waals surface area contributed by atoms with Crippen molar-refractivity contribution in [2.45, 2.75) is 6.54 Å². The van der Waals surface area contributed by atoms with Crippen molar-refractivity contribution < 1.29 is 0 Å². The summed E-state index contributed by atoms with van der Waals surface area (Å²) < 4.78 is 1.75. The van der Waals surface area contributed by atoms with Crippen LogP contribution < -0.4 is 5.32 Å². The van der Waals surface area contributed by atoms with Crippen LogP contribution in [0.4, 0.5) is 5.82 Å². The first-order valence-corrected chi connectivity index (χ1v) is 8.36. The number of halogens is 1. The lowest BCUT2D eigenvalue weighted by Crippen LogP contribution is -2.05. The number of aromatic nitrogens is 4. The number of anilines is 1. The molecular formula is C16H12ClN5S. The van der Waals surface area contributed by atoms with Crippen LogP contribution >= 0.6 is 22.9 Å². The molecular weight excluding hydrogens is 330 g/mol. The highest BCUT2D eigenvalue weighted by molar-refractivity contribution is 7.08. The molecule has 0 saturated heterocycles. The molecule has 3 aromatic heterocycles. The summed E-state index contributed by atoms with van der Waals surface area (Å²) in [5.74, 6) is 1.48. The standard InChI is InChI=1S/C16H12ClN5S/c17-13-4-2-1-3-11(13)9-18-14-5-6-15-19-20-16(22(15)21-14)12-7-8-23-10-12/h1-8,10H,9H2,(H,18,21). The van der Waals surface area contributed by atoms with Crippen molar-refractivity contribution in [3.05, 3.63) is 63.8 Å². The first-order valence-electron chi connectivity index (χ1n) is 7.03. The maximum atomic E-state index is 6.18. The molecule has 0 aliphatic heterocycles. The average Bonchev–Trinajstić information content (AvgIpc) is 3.22. The van der Waals surface area contributed by atoms with Crippen LogP contribution in [0.2, 0.25) is 5.02 Å². The van der Waals surface area contributed by atoms with Gasteiger partial charge in [0.1, 0.15) is 5.82 Å². The summed E-state index contributed by atoms with van der Waals surface area (Å²) in [7, 11) is 0. The van der Waals surface area contributed by atoms with E-state index in [0.717, 1.165) is 33.4 Å². The SMILES string of the molecule is Clc1ccccc1CNc1ccc2nnc(-c3ccsc3)n2n1. The van der Waals surface area contributed by atoms with Crippen LogP contribution in [0.15, 0.2) is 53.2 Å². The van der Waals surface area contributed by atoms with Gasteiger partial charge in [-0.15, -0.1) is 15.3 Å². The van der Waals surface area contributed by atoms with Gasteiger partial charge in [-0.2, -0.15) is 15.9 Å². The number of rotatable bonds is 4. The van der Waals surface area contributed by atoms with Crippen molar-refractivity contribution >= 4 is 34.4 Å². The van der Waals surface area contributed by atoms with Gasteiger partial charge >= 0.3 is 0 Å². The fourth-order valence-corrected chi connectivity index (χ4v) is 3.12. The smallest absolute Gasteiger partial charge is 0.186 e. The van der Waals surface area contributed by atoms with E-state index in [0.29, 0.717) is 6.54 Å². The Bertz CT molecular complexity index is 948. The molecule has 5 nitrogen and oxygen atoms in total. The second-order valence-corrected chi connectivity index (χ2v) is 6.16. The minimum Gasteiger partial charge on any atom is -0.364 e. The van der Waals surface area contributed by atoms with Gasteiger partial charge < -0.3 is 5.32 Å². The minimum absolute atomic E-state index is 0.605. The normalized spacial score (nSPS) is 11.0. The number of fused-ring (bicyclic) bond motifs is 1. The van der Waals surface area contributed by atoms with Crippen molar-refractivity contribution in [3.8, 4) is 11.4 Å². The van der Waals surface area contributed by atoms with E-state index in [4.69, 9.17) is 11.6 Å². The summed E-state index contributed by atoms with van der Waals surface area (Å²) in [4.78, 5) is 0. The quantitative estimate of drug-likeness (QED) is 0.606. The summed E-state index contributed by atoms with van der Waals surface area (Å²) >= 11 is 7.80. The Balaban J connectivity index is 1.64. The molecule has 23 heavy (non-hydrogen) atoms. The summed E-state index contributed by atoms with van der Waals surface area (Å²) in [5.41, 5.74) is 2.76. The van der Waals surface area contributed by atoms with E-state index in [1.807, 2.05) is 53.2 Å². The number of thiophene rings is 1. The predicted molar refractivity (Wildman–Crippen MR) is 92.9 cm³/mol. The van der Waals surface area contributed by atoms with Crippen LogP contribution in [0.1, 0.15) is 5.56 Å². The zero-order chi connectivity index (χ0) is 15.6. The van der Waals surface area contributed by atoms with Gasteiger partial charge in [0.05, 0.1) is 0 Å². The second kappa shape index (κ2) is 5.98. The van der Waals surface area contributed by atoms with E-state index >= 15 is 0 Å². The van der Waals surface area contributed by atoms with Crippen LogP contribution in [0.3, 0.4) is 0 Å². The third-order valence-electron chi connectivity index (χ3n) is 3.46. The van der Waals surface area contributed by atoms with Gasteiger partial charge in [-0.05, 0) is 35.2 Å². The van der Waals surface area contributed by atoms with E-state index in [1.54, 1.807) is 15.9 Å². The highest BCUT2D eigenvalue weighted by Gasteiger charge is 2.10. The van der Waals surface area contributed by atoms with Crippen LogP contribution in [0.25, 0.3) is 17.0 Å². The van der Waals surface area contributed by atoms with E-state index in [-0.39, 0.29) is 0 Å². The van der Waals surface area contributed by atoms with Gasteiger partial charge in [-0.3, -0.25) is 0 Å². The summed E-state index contributed by atoms with van der Waals surface area (Å²) in [6.45, 7) is 0.605. The Morgan fingerprint density at radius 1 is 1.09 bits per heavy atom. The van der Waals surface area contributed by atoms with Crippen molar-refractivity contribution in [3.63, 3.8) is 0 Å². The predicted octanol–water partition coefficient (Wildman–Crippen LogP) is 4.12. The number of hydrogen-bond acceptors (Lipinski definition) is 5. The number of nitrogens with one attached hydrogen (secondary N) is 1. The molecule has 1 aromatic carbocycles. The molecule has 0 aliphatic rings. The van der Waals surface area contributed by atoms with Crippen LogP contribution in [0, 0.1) is 0 Å². The van der Waals surface area contributed by atoms with E-state index in [1.165, 1.54) is 0 Å². The summed E-state index contributed by atoms with van der Waals surface area (Å²) in [6.07, 6.45) is 0. The van der Waals surface area contributed by atoms with Crippen molar-refractivity contribution in [2.75, 3.05) is 5.32 Å². The van der Waals surface area contributed by atoms with Crippen molar-refractivity contribution in [1.29, 1.82) is 0 Å². The molecule has 1 N–H and O–H groups in total. The molecule has 4 rings (SSSR count). The monoisotopic (exact) mass is 341 g/mol. The zero-order valence-corrected chi connectivity index (χ0v) is 13.6. The Morgan fingerprint density at radius 2 is 2.00 bits per heavy atom. The maximum absolute atomic E-state index is 6.18. The molecule has 0 radical (unpaired) electrons. The average molecular weight is 342 g/mol. The molecule has 0 fully saturated rings. The van der Waals surface area contributed by atoms with E-state index < -0.39 is 0 Å². The molecule has 0 saturated carbocycles. The summed E-state index contributed by atoms with van der Waals surface area (Å²) in [5, 5.41) is 21.0. The molecule has 7 heteroatoms. The highest BCUT2D eigenvalue weighted by atomic mass is 35.5. The number of hydrogen-bond donors (Lipinski definition) is 1. The molecule has 4 aromatic rings. The first-order chi connectivity index (χ1) is 11.3. The lowest BCUT2D eigenvalue weighted by molar-refractivity contribution is 0.926. The molecule has 3 heterocycles.